The number of nitrogens with one attached hydrogen (secondary N) is 7. The van der Waals surface area contributed by atoms with Gasteiger partial charge in [0.25, 0.3) is 0 Å². The number of nitrogens with zero attached hydrogens (tertiary/aromatic N) is 1. The number of carboxylic acids is 2. The zero-order chi connectivity index (χ0) is 51.0. The lowest BCUT2D eigenvalue weighted by molar-refractivity contribution is -0.143. The Balaban J connectivity index is 6.63. The lowest BCUT2D eigenvalue weighted by Gasteiger charge is -2.29. The van der Waals surface area contributed by atoms with Crippen LogP contribution in [0.2, 0.25) is 0 Å². The van der Waals surface area contributed by atoms with Crippen molar-refractivity contribution in [2.75, 3.05) is 13.2 Å². The SMILES string of the molecule is CC(C)[C@H](NC(=O)[C@H](CCCN=C(N)N)NC(=O)[C@H](CCC(N)=O)NC(=O)[C@H](CCC(=O)O)NC(=O)[C@@H](NC(=O)[C@@H](NC(=O)[C@H](CCC(N)=O)NC(=O)[C@@H](N)CO)C(C)C)[C@@H](C)O)C(=O)O. The van der Waals surface area contributed by atoms with E-state index in [0.29, 0.717) is 0 Å². The van der Waals surface area contributed by atoms with Gasteiger partial charge in [-0.05, 0) is 50.9 Å². The van der Waals surface area contributed by atoms with E-state index in [1.165, 1.54) is 27.7 Å². The number of aliphatic imine (C=N–C) groups is 1. The molecule has 0 saturated heterocycles. The fourth-order valence-electron chi connectivity index (χ4n) is 5.79. The summed E-state index contributed by atoms with van der Waals surface area (Å²) >= 11 is 0. The number of guanidine groups is 1. The molecule has 0 aromatic rings. The Labute approximate surface area is 380 Å². The van der Waals surface area contributed by atoms with Crippen LogP contribution in [0.5, 0.6) is 0 Å². The van der Waals surface area contributed by atoms with Crippen LogP contribution in [0.4, 0.5) is 0 Å². The van der Waals surface area contributed by atoms with Crippen LogP contribution in [0.15, 0.2) is 4.99 Å². The van der Waals surface area contributed by atoms with Gasteiger partial charge in [0.1, 0.15) is 48.3 Å². The molecule has 0 saturated carbocycles. The van der Waals surface area contributed by atoms with Gasteiger partial charge in [-0.25, -0.2) is 4.79 Å². The maximum atomic E-state index is 13.8. The summed E-state index contributed by atoms with van der Waals surface area (Å²) in [5.74, 6) is -13.7. The molecule has 0 aromatic heterocycles. The van der Waals surface area contributed by atoms with Crippen molar-refractivity contribution in [3.63, 3.8) is 0 Å². The Bertz CT molecular complexity index is 1760. The average Bonchev–Trinajstić information content (AvgIpc) is 3.21. The monoisotopic (exact) mass is 945 g/mol. The normalized spacial score (nSPS) is 15.1. The number of hydrogen-bond donors (Lipinski definition) is 16. The molecule has 0 aromatic carbocycles. The molecule has 28 nitrogen and oxygen atoms in total. The summed E-state index contributed by atoms with van der Waals surface area (Å²) in [6.07, 6.45) is -4.93. The smallest absolute Gasteiger partial charge is 0.326 e. The highest BCUT2D eigenvalue weighted by Gasteiger charge is 2.37. The van der Waals surface area contributed by atoms with Crippen LogP contribution in [0.25, 0.3) is 0 Å². The van der Waals surface area contributed by atoms with Crippen LogP contribution in [-0.4, -0.2) is 159 Å². The van der Waals surface area contributed by atoms with E-state index in [1.54, 1.807) is 0 Å². The van der Waals surface area contributed by atoms with Crippen molar-refractivity contribution in [1.29, 1.82) is 0 Å². The van der Waals surface area contributed by atoms with Crippen LogP contribution >= 0.6 is 0 Å². The predicted octanol–water partition coefficient (Wildman–Crippen LogP) is -7.07. The number of carbonyl (C=O) groups is 11. The second kappa shape index (κ2) is 29.7. The van der Waals surface area contributed by atoms with E-state index in [-0.39, 0.29) is 31.8 Å². The average molecular weight is 946 g/mol. The van der Waals surface area contributed by atoms with Gasteiger partial charge in [0.05, 0.1) is 12.7 Å². The van der Waals surface area contributed by atoms with E-state index in [1.807, 2.05) is 0 Å². The van der Waals surface area contributed by atoms with Crippen molar-refractivity contribution < 1.29 is 73.2 Å². The Morgan fingerprint density at radius 1 is 0.500 bits per heavy atom. The number of hydrogen-bond acceptors (Lipinski definition) is 15. The van der Waals surface area contributed by atoms with Crippen molar-refractivity contribution >= 4 is 71.1 Å². The number of aliphatic carboxylic acids is 2. The first-order valence-electron chi connectivity index (χ1n) is 20.9. The molecule has 0 unspecified atom stereocenters. The highest BCUT2D eigenvalue weighted by molar-refractivity contribution is 5.98. The second-order valence-corrected chi connectivity index (χ2v) is 16.0. The third-order valence-electron chi connectivity index (χ3n) is 9.56. The van der Waals surface area contributed by atoms with E-state index < -0.39 is 170 Å². The standard InChI is InChI=1S/C38H67N13O15/c1-16(2)27(49-34(62)22(9-12-25(41)55)45-30(58)19(39)15-52)35(63)51-29(18(5)53)36(64)48-23(10-13-26(56)57)32(60)47-21(8-11-24(40)54)31(59)46-20(7-6-14-44-38(42)43)33(61)50-28(17(3)4)37(65)66/h16-23,27-29,52-53H,6-15,39H2,1-5H3,(H2,40,54)(H2,41,55)(H,45,58)(H,46,59)(H,47,60)(H,48,64)(H,49,62)(H,50,61)(H,51,63)(H,56,57)(H,65,66)(H4,42,43,44)/t18-,19+,20+,21+,22+,23+,27+,28+,29+/m1/s1. The summed E-state index contributed by atoms with van der Waals surface area (Å²) in [4.78, 5) is 144. The number of primary amides is 2. The maximum absolute atomic E-state index is 13.8. The molecular formula is C38H67N13O15. The minimum Gasteiger partial charge on any atom is -0.481 e. The number of aliphatic hydroxyl groups excluding tert-OH is 2. The predicted molar refractivity (Wildman–Crippen MR) is 231 cm³/mol. The highest BCUT2D eigenvalue weighted by Crippen LogP contribution is 2.10. The molecule has 9 atom stereocenters. The molecule has 28 heteroatoms. The maximum Gasteiger partial charge on any atom is 0.326 e. The van der Waals surface area contributed by atoms with E-state index in [4.69, 9.17) is 28.7 Å². The zero-order valence-corrected chi connectivity index (χ0v) is 37.5. The topological polar surface area (TPSA) is 495 Å². The molecule has 374 valence electrons. The molecule has 0 radical (unpaired) electrons. The third kappa shape index (κ3) is 22.8. The summed E-state index contributed by atoms with van der Waals surface area (Å²) in [6, 6.07) is -12.6. The van der Waals surface area contributed by atoms with Crippen LogP contribution in [-0.2, 0) is 52.7 Å². The number of rotatable bonds is 32. The van der Waals surface area contributed by atoms with Gasteiger partial charge in [-0.15, -0.1) is 0 Å². The highest BCUT2D eigenvalue weighted by atomic mass is 16.4. The summed E-state index contributed by atoms with van der Waals surface area (Å²) in [7, 11) is 0. The Hall–Kier alpha value is -6.68. The lowest BCUT2D eigenvalue weighted by atomic mass is 10.0. The molecule has 66 heavy (non-hydrogen) atoms. The fraction of sp³-hybridized carbons (Fsp3) is 0.684. The summed E-state index contributed by atoms with van der Waals surface area (Å²) < 4.78 is 0. The second-order valence-electron chi connectivity index (χ2n) is 16.0. The van der Waals surface area contributed by atoms with E-state index in [9.17, 15) is 73.2 Å². The quantitative estimate of drug-likeness (QED) is 0.0169. The van der Waals surface area contributed by atoms with Gasteiger partial charge in [-0.1, -0.05) is 27.7 Å². The number of nitrogens with two attached hydrogens (primary N) is 5. The first-order valence-corrected chi connectivity index (χ1v) is 20.9. The molecule has 0 rings (SSSR count). The fourth-order valence-corrected chi connectivity index (χ4v) is 5.79. The van der Waals surface area contributed by atoms with Gasteiger partial charge in [-0.3, -0.25) is 52.9 Å². The zero-order valence-electron chi connectivity index (χ0n) is 37.5. The van der Waals surface area contributed by atoms with Gasteiger partial charge in [0.2, 0.25) is 53.2 Å². The van der Waals surface area contributed by atoms with Crippen molar-refractivity contribution in [1.82, 2.24) is 37.2 Å². The largest absolute Gasteiger partial charge is 0.481 e. The summed E-state index contributed by atoms with van der Waals surface area (Å²) in [5, 5.41) is 55.1. The van der Waals surface area contributed by atoms with Crippen molar-refractivity contribution in [3.8, 4) is 0 Å². The molecule has 0 aliphatic carbocycles. The van der Waals surface area contributed by atoms with Gasteiger partial charge < -0.3 is 86.3 Å². The molecule has 0 aliphatic heterocycles. The van der Waals surface area contributed by atoms with Crippen LogP contribution in [0.1, 0.15) is 86.0 Å². The molecule has 21 N–H and O–H groups in total. The molecule has 9 amide bonds. The van der Waals surface area contributed by atoms with Crippen molar-refractivity contribution in [2.45, 2.75) is 140 Å². The van der Waals surface area contributed by atoms with Gasteiger partial charge >= 0.3 is 11.9 Å². The number of carboxylic acid groups (broad SMARTS) is 2. The molecule has 0 bridgehead atoms. The summed E-state index contributed by atoms with van der Waals surface area (Å²) in [6.45, 7) is 6.29. The minimum absolute atomic E-state index is 0.0117. The summed E-state index contributed by atoms with van der Waals surface area (Å²) in [5.41, 5.74) is 26.7. The number of amides is 9. The first-order chi connectivity index (χ1) is 30.6. The number of aliphatic hydroxyl groups is 2. The van der Waals surface area contributed by atoms with Crippen LogP contribution in [0.3, 0.4) is 0 Å². The molecule has 0 spiro atoms. The molecule has 0 fully saturated rings. The van der Waals surface area contributed by atoms with E-state index in [2.05, 4.69) is 42.2 Å². The minimum atomic E-state index is -1.89. The van der Waals surface area contributed by atoms with Crippen LogP contribution in [0, 0.1) is 11.8 Å². The van der Waals surface area contributed by atoms with Crippen molar-refractivity contribution in [2.24, 2.45) is 45.5 Å². The van der Waals surface area contributed by atoms with Gasteiger partial charge in [0.15, 0.2) is 5.96 Å². The molecular weight excluding hydrogens is 878 g/mol. The Kier molecular flexibility index (Phi) is 26.7. The lowest BCUT2D eigenvalue weighted by Crippen LogP contribution is -2.62. The molecule has 0 heterocycles. The van der Waals surface area contributed by atoms with E-state index in [0.717, 1.165) is 6.92 Å². The van der Waals surface area contributed by atoms with Crippen molar-refractivity contribution in [3.05, 3.63) is 0 Å². The van der Waals surface area contributed by atoms with Gasteiger partial charge in [-0.2, -0.15) is 0 Å². The molecule has 0 aliphatic rings. The van der Waals surface area contributed by atoms with Crippen LogP contribution < -0.4 is 65.9 Å². The number of carbonyl (C=O) groups excluding carboxylic acids is 9. The Morgan fingerprint density at radius 2 is 0.864 bits per heavy atom. The van der Waals surface area contributed by atoms with Gasteiger partial charge in [0, 0.05) is 25.8 Å². The Morgan fingerprint density at radius 3 is 1.24 bits per heavy atom. The third-order valence-corrected chi connectivity index (χ3v) is 9.56. The first kappa shape index (κ1) is 59.3. The van der Waals surface area contributed by atoms with E-state index >= 15 is 0 Å².